The van der Waals surface area contributed by atoms with Crippen LogP contribution in [0.25, 0.3) is 0 Å². The van der Waals surface area contributed by atoms with Crippen molar-refractivity contribution < 1.29 is 4.74 Å². The zero-order valence-electron chi connectivity index (χ0n) is 8.71. The number of methoxy groups -OCH3 is 1. The van der Waals surface area contributed by atoms with Gasteiger partial charge in [-0.1, -0.05) is 6.92 Å². The van der Waals surface area contributed by atoms with Gasteiger partial charge in [-0.15, -0.1) is 0 Å². The van der Waals surface area contributed by atoms with Crippen molar-refractivity contribution in [2.75, 3.05) is 32.6 Å². The summed E-state index contributed by atoms with van der Waals surface area (Å²) >= 11 is 2.11. The number of hydrogen-bond acceptors (Lipinski definition) is 3. The van der Waals surface area contributed by atoms with E-state index in [0.717, 1.165) is 18.4 Å². The van der Waals surface area contributed by atoms with Gasteiger partial charge in [0.2, 0.25) is 0 Å². The average Bonchev–Trinajstić information content (AvgIpc) is 2.57. The molecule has 1 aliphatic rings. The molecule has 0 amide bonds. The highest BCUT2D eigenvalue weighted by molar-refractivity contribution is 8.00. The molecule has 0 aromatic rings. The van der Waals surface area contributed by atoms with E-state index in [-0.39, 0.29) is 0 Å². The molecule has 1 saturated heterocycles. The second-order valence-electron chi connectivity index (χ2n) is 3.85. The molecule has 0 saturated carbocycles. The van der Waals surface area contributed by atoms with E-state index < -0.39 is 0 Å². The van der Waals surface area contributed by atoms with Gasteiger partial charge in [0.25, 0.3) is 0 Å². The van der Waals surface area contributed by atoms with Crippen molar-refractivity contribution in [3.05, 3.63) is 0 Å². The van der Waals surface area contributed by atoms with Crippen LogP contribution in [0, 0.1) is 5.92 Å². The van der Waals surface area contributed by atoms with Crippen LogP contribution in [0.2, 0.25) is 0 Å². The first-order valence-corrected chi connectivity index (χ1v) is 6.19. The second-order valence-corrected chi connectivity index (χ2v) is 5.26. The predicted octanol–water partition coefficient (Wildman–Crippen LogP) is 1.75. The molecule has 78 valence electrons. The van der Waals surface area contributed by atoms with Gasteiger partial charge in [0.05, 0.1) is 0 Å². The van der Waals surface area contributed by atoms with Crippen molar-refractivity contribution in [3.8, 4) is 0 Å². The van der Waals surface area contributed by atoms with Gasteiger partial charge in [0, 0.05) is 25.5 Å². The maximum absolute atomic E-state index is 5.08. The fraction of sp³-hybridized carbons (Fsp3) is 1.00. The number of hydrogen-bond donors (Lipinski definition) is 1. The van der Waals surface area contributed by atoms with Crippen molar-refractivity contribution in [1.82, 2.24) is 5.32 Å². The van der Waals surface area contributed by atoms with Crippen molar-refractivity contribution >= 4 is 11.8 Å². The summed E-state index contributed by atoms with van der Waals surface area (Å²) in [6, 6.07) is 0. The Morgan fingerprint density at radius 2 is 2.46 bits per heavy atom. The lowest BCUT2D eigenvalue weighted by Gasteiger charge is -2.13. The molecule has 0 spiro atoms. The van der Waals surface area contributed by atoms with Crippen LogP contribution in [0.4, 0.5) is 0 Å². The first kappa shape index (κ1) is 11.3. The molecule has 13 heavy (non-hydrogen) atoms. The zero-order chi connectivity index (χ0) is 9.52. The Morgan fingerprint density at radius 1 is 1.62 bits per heavy atom. The highest BCUT2D eigenvalue weighted by Crippen LogP contribution is 2.25. The molecule has 3 heteroatoms. The van der Waals surface area contributed by atoms with Crippen LogP contribution in [0.5, 0.6) is 0 Å². The first-order valence-electron chi connectivity index (χ1n) is 5.14. The molecule has 0 aromatic carbocycles. The van der Waals surface area contributed by atoms with Crippen LogP contribution in [0.15, 0.2) is 0 Å². The number of thioether (sulfide) groups is 1. The summed E-state index contributed by atoms with van der Waals surface area (Å²) in [6.45, 7) is 5.35. The minimum Gasteiger partial charge on any atom is -0.384 e. The smallest absolute Gasteiger partial charge is 0.0499 e. The molecule has 2 unspecified atom stereocenters. The molecule has 2 nitrogen and oxygen atoms in total. The normalized spacial score (nSPS) is 24.9. The molecule has 0 aromatic heterocycles. The monoisotopic (exact) mass is 203 g/mol. The van der Waals surface area contributed by atoms with E-state index in [1.165, 1.54) is 25.1 Å². The minimum atomic E-state index is 0.636. The Labute approximate surface area is 85.8 Å². The van der Waals surface area contributed by atoms with Crippen LogP contribution < -0.4 is 5.32 Å². The van der Waals surface area contributed by atoms with Gasteiger partial charge in [-0.25, -0.2) is 0 Å². The molecular weight excluding hydrogens is 182 g/mol. The molecule has 1 N–H and O–H groups in total. The second kappa shape index (κ2) is 6.68. The average molecular weight is 203 g/mol. The standard InChI is InChI=1S/C10H21NOS/c1-9(8-12-2)6-11-7-10-4-3-5-13-10/h9-11H,3-8H2,1-2H3. The third-order valence-corrected chi connectivity index (χ3v) is 3.74. The molecule has 1 rings (SSSR count). The van der Waals surface area contributed by atoms with E-state index in [2.05, 4.69) is 24.0 Å². The molecule has 1 aliphatic heterocycles. The van der Waals surface area contributed by atoms with Gasteiger partial charge < -0.3 is 10.1 Å². The maximum Gasteiger partial charge on any atom is 0.0499 e. The van der Waals surface area contributed by atoms with Crippen molar-refractivity contribution in [2.45, 2.75) is 25.0 Å². The number of nitrogens with one attached hydrogen (secondary N) is 1. The zero-order valence-corrected chi connectivity index (χ0v) is 9.53. The van der Waals surface area contributed by atoms with Crippen molar-refractivity contribution in [2.24, 2.45) is 5.92 Å². The summed E-state index contributed by atoms with van der Waals surface area (Å²) in [4.78, 5) is 0. The molecule has 2 atom stereocenters. The summed E-state index contributed by atoms with van der Waals surface area (Å²) in [5.41, 5.74) is 0. The minimum absolute atomic E-state index is 0.636. The largest absolute Gasteiger partial charge is 0.384 e. The highest BCUT2D eigenvalue weighted by Gasteiger charge is 2.14. The van der Waals surface area contributed by atoms with E-state index in [0.29, 0.717) is 5.92 Å². The summed E-state index contributed by atoms with van der Waals surface area (Å²) in [5.74, 6) is 2.00. The topological polar surface area (TPSA) is 21.3 Å². The van der Waals surface area contributed by atoms with E-state index in [1.54, 1.807) is 7.11 Å². The predicted molar refractivity (Wildman–Crippen MR) is 59.4 cm³/mol. The number of ether oxygens (including phenoxy) is 1. The third-order valence-electron chi connectivity index (χ3n) is 2.34. The van der Waals surface area contributed by atoms with E-state index >= 15 is 0 Å². The quantitative estimate of drug-likeness (QED) is 0.710. The first-order chi connectivity index (χ1) is 6.33. The lowest BCUT2D eigenvalue weighted by atomic mass is 10.2. The summed E-state index contributed by atoms with van der Waals surface area (Å²) in [7, 11) is 1.77. The Hall–Kier alpha value is 0.270. The third kappa shape index (κ3) is 4.89. The van der Waals surface area contributed by atoms with Crippen LogP contribution in [0.3, 0.4) is 0 Å². The lowest BCUT2D eigenvalue weighted by molar-refractivity contribution is 0.158. The van der Waals surface area contributed by atoms with Gasteiger partial charge in [0.15, 0.2) is 0 Å². The highest BCUT2D eigenvalue weighted by atomic mass is 32.2. The Kier molecular flexibility index (Phi) is 5.83. The molecule has 0 radical (unpaired) electrons. The fourth-order valence-electron chi connectivity index (χ4n) is 1.64. The maximum atomic E-state index is 5.08. The summed E-state index contributed by atoms with van der Waals surface area (Å²) < 4.78 is 5.08. The SMILES string of the molecule is COCC(C)CNCC1CCCS1. The van der Waals surface area contributed by atoms with Gasteiger partial charge >= 0.3 is 0 Å². The van der Waals surface area contributed by atoms with Gasteiger partial charge in [-0.05, 0) is 31.1 Å². The Morgan fingerprint density at radius 3 is 3.08 bits per heavy atom. The molecule has 1 fully saturated rings. The van der Waals surface area contributed by atoms with E-state index in [4.69, 9.17) is 4.74 Å². The molecule has 1 heterocycles. The molecular formula is C10H21NOS. The van der Waals surface area contributed by atoms with E-state index in [1.807, 2.05) is 0 Å². The van der Waals surface area contributed by atoms with Crippen LogP contribution in [-0.2, 0) is 4.74 Å². The van der Waals surface area contributed by atoms with Crippen molar-refractivity contribution in [1.29, 1.82) is 0 Å². The van der Waals surface area contributed by atoms with E-state index in [9.17, 15) is 0 Å². The molecule has 0 bridgehead atoms. The van der Waals surface area contributed by atoms with Gasteiger partial charge in [-0.2, -0.15) is 11.8 Å². The molecule has 0 aliphatic carbocycles. The van der Waals surface area contributed by atoms with Crippen molar-refractivity contribution in [3.63, 3.8) is 0 Å². The Balaban J connectivity index is 1.93. The lowest BCUT2D eigenvalue weighted by Crippen LogP contribution is -2.29. The summed E-state index contributed by atoms with van der Waals surface area (Å²) in [6.07, 6.45) is 2.81. The van der Waals surface area contributed by atoms with Crippen LogP contribution in [0.1, 0.15) is 19.8 Å². The van der Waals surface area contributed by atoms with Gasteiger partial charge in [-0.3, -0.25) is 0 Å². The van der Waals surface area contributed by atoms with Gasteiger partial charge in [0.1, 0.15) is 0 Å². The fourth-order valence-corrected chi connectivity index (χ4v) is 2.88. The Bertz CT molecular complexity index is 126. The van der Waals surface area contributed by atoms with Crippen LogP contribution >= 0.6 is 11.8 Å². The van der Waals surface area contributed by atoms with Crippen LogP contribution in [-0.4, -0.2) is 37.8 Å². The summed E-state index contributed by atoms with van der Waals surface area (Å²) in [5, 5.41) is 4.38. The number of rotatable bonds is 6.